The molecule has 4 nitrogen and oxygen atoms in total. The van der Waals surface area contributed by atoms with Gasteiger partial charge in [0, 0.05) is 24.7 Å². The van der Waals surface area contributed by atoms with Gasteiger partial charge in [0.25, 0.3) is 0 Å². The molecule has 13 heavy (non-hydrogen) atoms. The van der Waals surface area contributed by atoms with Crippen LogP contribution in [0.2, 0.25) is 0 Å². The van der Waals surface area contributed by atoms with Gasteiger partial charge >= 0.3 is 0 Å². The number of amides is 1. The summed E-state index contributed by atoms with van der Waals surface area (Å²) in [7, 11) is 0. The van der Waals surface area contributed by atoms with E-state index in [2.05, 4.69) is 10.3 Å². The van der Waals surface area contributed by atoms with Gasteiger partial charge in [-0.25, -0.2) is 4.98 Å². The number of piperazine rings is 1. The Labute approximate surface area is 80.6 Å². The molecule has 5 heteroatoms. The highest BCUT2D eigenvalue weighted by molar-refractivity contribution is 7.13. The molecule has 1 fully saturated rings. The predicted molar refractivity (Wildman–Crippen MR) is 51.9 cm³/mol. The second kappa shape index (κ2) is 3.43. The van der Waals surface area contributed by atoms with Gasteiger partial charge in [0.1, 0.15) is 0 Å². The molecular formula is C8H11N3OS. The van der Waals surface area contributed by atoms with Gasteiger partial charge in [-0.05, 0) is 6.92 Å². The third kappa shape index (κ3) is 1.57. The molecule has 0 bridgehead atoms. The molecular weight excluding hydrogens is 186 g/mol. The van der Waals surface area contributed by atoms with Crippen LogP contribution in [0.5, 0.6) is 0 Å². The lowest BCUT2D eigenvalue weighted by Crippen LogP contribution is -2.53. The molecule has 1 saturated heterocycles. The zero-order chi connectivity index (χ0) is 9.26. The summed E-state index contributed by atoms with van der Waals surface area (Å²) in [5.41, 5.74) is 0. The molecule has 1 aliphatic heterocycles. The summed E-state index contributed by atoms with van der Waals surface area (Å²) >= 11 is 1.50. The second-order valence-corrected chi connectivity index (χ2v) is 3.85. The van der Waals surface area contributed by atoms with E-state index in [-0.39, 0.29) is 11.9 Å². The summed E-state index contributed by atoms with van der Waals surface area (Å²) in [5, 5.41) is 5.80. The lowest BCUT2D eigenvalue weighted by Gasteiger charge is -2.29. The predicted octanol–water partition coefficient (Wildman–Crippen LogP) is 0.468. The quantitative estimate of drug-likeness (QED) is 0.711. The first kappa shape index (κ1) is 8.65. The summed E-state index contributed by atoms with van der Waals surface area (Å²) in [6.07, 6.45) is 1.72. The normalized spacial score (nSPS) is 23.6. The molecule has 2 rings (SSSR count). The number of nitrogens with zero attached hydrogens (tertiary/aromatic N) is 2. The van der Waals surface area contributed by atoms with Crippen molar-refractivity contribution >= 4 is 22.4 Å². The minimum atomic E-state index is -0.0855. The molecule has 1 unspecified atom stereocenters. The third-order valence-electron chi connectivity index (χ3n) is 2.07. The van der Waals surface area contributed by atoms with Crippen LogP contribution in [-0.4, -0.2) is 30.0 Å². The number of thiazole rings is 1. The van der Waals surface area contributed by atoms with E-state index < -0.39 is 0 Å². The van der Waals surface area contributed by atoms with Crippen LogP contribution in [0.3, 0.4) is 0 Å². The number of hydrogen-bond donors (Lipinski definition) is 1. The number of carbonyl (C=O) groups is 1. The van der Waals surface area contributed by atoms with Gasteiger partial charge in [-0.1, -0.05) is 0 Å². The Bertz CT molecular complexity index is 298. The average molecular weight is 197 g/mol. The Morgan fingerprint density at radius 3 is 3.31 bits per heavy atom. The van der Waals surface area contributed by atoms with Crippen molar-refractivity contribution in [3.8, 4) is 0 Å². The van der Waals surface area contributed by atoms with Crippen molar-refractivity contribution in [2.45, 2.75) is 13.0 Å². The van der Waals surface area contributed by atoms with Crippen molar-refractivity contribution in [1.82, 2.24) is 10.3 Å². The fourth-order valence-corrected chi connectivity index (χ4v) is 2.04. The molecule has 70 valence electrons. The van der Waals surface area contributed by atoms with Gasteiger partial charge in [0.05, 0.1) is 6.04 Å². The minimum absolute atomic E-state index is 0.0855. The average Bonchev–Trinajstić information content (AvgIpc) is 2.62. The number of rotatable bonds is 1. The maximum absolute atomic E-state index is 11.7. The van der Waals surface area contributed by atoms with Gasteiger partial charge in [0.2, 0.25) is 5.91 Å². The molecule has 0 aromatic carbocycles. The van der Waals surface area contributed by atoms with E-state index in [1.165, 1.54) is 11.3 Å². The van der Waals surface area contributed by atoms with Gasteiger partial charge < -0.3 is 5.32 Å². The standard InChI is InChI=1S/C8H11N3OS/c1-6-7(12)11(4-2-9-6)8-10-3-5-13-8/h3,5-6,9H,2,4H2,1H3. The lowest BCUT2D eigenvalue weighted by molar-refractivity contribution is -0.121. The van der Waals surface area contributed by atoms with Crippen LogP contribution in [0.4, 0.5) is 5.13 Å². The van der Waals surface area contributed by atoms with Gasteiger partial charge in [-0.15, -0.1) is 11.3 Å². The first-order valence-electron chi connectivity index (χ1n) is 4.23. The smallest absolute Gasteiger partial charge is 0.245 e. The topological polar surface area (TPSA) is 45.2 Å². The van der Waals surface area contributed by atoms with Gasteiger partial charge in [0.15, 0.2) is 5.13 Å². The first-order chi connectivity index (χ1) is 6.29. The monoisotopic (exact) mass is 197 g/mol. The summed E-state index contributed by atoms with van der Waals surface area (Å²) in [4.78, 5) is 17.5. The maximum Gasteiger partial charge on any atom is 0.245 e. The maximum atomic E-state index is 11.7. The van der Waals surface area contributed by atoms with Crippen molar-refractivity contribution in [2.75, 3.05) is 18.0 Å². The molecule has 1 aliphatic rings. The molecule has 0 aliphatic carbocycles. The molecule has 1 atom stereocenters. The van der Waals surface area contributed by atoms with Crippen LogP contribution < -0.4 is 10.2 Å². The highest BCUT2D eigenvalue weighted by Crippen LogP contribution is 2.19. The Morgan fingerprint density at radius 1 is 1.77 bits per heavy atom. The van der Waals surface area contributed by atoms with Crippen molar-refractivity contribution in [2.24, 2.45) is 0 Å². The Hall–Kier alpha value is -0.940. The number of aromatic nitrogens is 1. The van der Waals surface area contributed by atoms with E-state index >= 15 is 0 Å². The van der Waals surface area contributed by atoms with Crippen molar-refractivity contribution < 1.29 is 4.79 Å². The molecule has 1 aromatic heterocycles. The summed E-state index contributed by atoms with van der Waals surface area (Å²) < 4.78 is 0. The Morgan fingerprint density at radius 2 is 2.62 bits per heavy atom. The minimum Gasteiger partial charge on any atom is -0.304 e. The second-order valence-electron chi connectivity index (χ2n) is 2.98. The number of hydrogen-bond acceptors (Lipinski definition) is 4. The Kier molecular flexibility index (Phi) is 2.28. The lowest BCUT2D eigenvalue weighted by atomic mass is 10.2. The van der Waals surface area contributed by atoms with E-state index in [1.807, 2.05) is 12.3 Å². The molecule has 0 saturated carbocycles. The summed E-state index contributed by atoms with van der Waals surface area (Å²) in [5.74, 6) is 0.112. The van der Waals surface area contributed by atoms with Crippen molar-refractivity contribution in [3.63, 3.8) is 0 Å². The Balaban J connectivity index is 2.19. The SMILES string of the molecule is CC1NCCN(c2nccs2)C1=O. The van der Waals surface area contributed by atoms with E-state index in [4.69, 9.17) is 0 Å². The van der Waals surface area contributed by atoms with Crippen LogP contribution >= 0.6 is 11.3 Å². The highest BCUT2D eigenvalue weighted by atomic mass is 32.1. The number of nitrogens with one attached hydrogen (secondary N) is 1. The number of anilines is 1. The molecule has 1 amide bonds. The van der Waals surface area contributed by atoms with E-state index in [9.17, 15) is 4.79 Å². The van der Waals surface area contributed by atoms with Crippen LogP contribution in [-0.2, 0) is 4.79 Å². The van der Waals surface area contributed by atoms with E-state index in [0.717, 1.165) is 18.2 Å². The van der Waals surface area contributed by atoms with Crippen LogP contribution in [0, 0.1) is 0 Å². The van der Waals surface area contributed by atoms with E-state index in [1.54, 1.807) is 11.1 Å². The van der Waals surface area contributed by atoms with Crippen LogP contribution in [0.15, 0.2) is 11.6 Å². The molecule has 1 N–H and O–H groups in total. The fraction of sp³-hybridized carbons (Fsp3) is 0.500. The van der Waals surface area contributed by atoms with Gasteiger partial charge in [-0.2, -0.15) is 0 Å². The third-order valence-corrected chi connectivity index (χ3v) is 2.87. The van der Waals surface area contributed by atoms with Crippen molar-refractivity contribution in [1.29, 1.82) is 0 Å². The largest absolute Gasteiger partial charge is 0.304 e. The first-order valence-corrected chi connectivity index (χ1v) is 5.11. The molecule has 0 spiro atoms. The molecule has 2 heterocycles. The highest BCUT2D eigenvalue weighted by Gasteiger charge is 2.26. The fourth-order valence-electron chi connectivity index (χ4n) is 1.36. The van der Waals surface area contributed by atoms with E-state index in [0.29, 0.717) is 0 Å². The summed E-state index contributed by atoms with van der Waals surface area (Å²) in [6.45, 7) is 3.44. The number of carbonyl (C=O) groups excluding carboxylic acids is 1. The zero-order valence-corrected chi connectivity index (χ0v) is 8.17. The molecule has 0 radical (unpaired) electrons. The van der Waals surface area contributed by atoms with Crippen molar-refractivity contribution in [3.05, 3.63) is 11.6 Å². The summed E-state index contributed by atoms with van der Waals surface area (Å²) in [6, 6.07) is -0.0855. The molecule has 1 aromatic rings. The van der Waals surface area contributed by atoms with Gasteiger partial charge in [-0.3, -0.25) is 9.69 Å². The zero-order valence-electron chi connectivity index (χ0n) is 7.36. The van der Waals surface area contributed by atoms with Crippen LogP contribution in [0.25, 0.3) is 0 Å². The van der Waals surface area contributed by atoms with Crippen LogP contribution in [0.1, 0.15) is 6.92 Å².